The van der Waals surface area contributed by atoms with Crippen LogP contribution in [0.4, 0.5) is 11.4 Å². The number of rotatable bonds is 5. The minimum absolute atomic E-state index is 0.150. The van der Waals surface area contributed by atoms with Gasteiger partial charge in [-0.2, -0.15) is 0 Å². The van der Waals surface area contributed by atoms with Crippen molar-refractivity contribution in [2.45, 2.75) is 0 Å². The van der Waals surface area contributed by atoms with E-state index >= 15 is 0 Å². The Morgan fingerprint density at radius 3 is 1.91 bits per heavy atom. The summed E-state index contributed by atoms with van der Waals surface area (Å²) in [5, 5.41) is 31.0. The van der Waals surface area contributed by atoms with E-state index in [4.69, 9.17) is 9.84 Å². The Labute approximate surface area is 122 Å². The van der Waals surface area contributed by atoms with E-state index in [0.29, 0.717) is 12.1 Å². The van der Waals surface area contributed by atoms with E-state index in [2.05, 4.69) is 0 Å². The van der Waals surface area contributed by atoms with Gasteiger partial charge in [0, 0.05) is 12.1 Å². The summed E-state index contributed by atoms with van der Waals surface area (Å²) in [4.78, 5) is 31.2. The van der Waals surface area contributed by atoms with Crippen LogP contribution in [0, 0.1) is 20.2 Å². The van der Waals surface area contributed by atoms with Crippen LogP contribution in [0.25, 0.3) is 0 Å². The molecule has 0 unspecified atom stereocenters. The van der Waals surface area contributed by atoms with Crippen LogP contribution in [0.5, 0.6) is 11.5 Å². The van der Waals surface area contributed by atoms with Gasteiger partial charge in [-0.05, 0) is 12.1 Å². The van der Waals surface area contributed by atoms with Gasteiger partial charge < -0.3 is 9.84 Å². The Morgan fingerprint density at radius 2 is 1.50 bits per heavy atom. The van der Waals surface area contributed by atoms with Crippen LogP contribution < -0.4 is 4.74 Å². The number of carbonyl (C=O) groups is 1. The van der Waals surface area contributed by atoms with E-state index in [9.17, 15) is 25.0 Å². The summed E-state index contributed by atoms with van der Waals surface area (Å²) < 4.78 is 5.22. The molecule has 0 spiro atoms. The smallest absolute Gasteiger partial charge is 0.336 e. The summed E-state index contributed by atoms with van der Waals surface area (Å²) in [6, 6.07) is 9.18. The number of nitro benzene ring substituents is 2. The number of carboxylic acid groups (broad SMARTS) is 1. The van der Waals surface area contributed by atoms with Gasteiger partial charge in [-0.1, -0.05) is 18.2 Å². The molecule has 0 bridgehead atoms. The number of para-hydroxylation sites is 1. The molecule has 0 aromatic heterocycles. The Morgan fingerprint density at radius 1 is 1.00 bits per heavy atom. The molecular formula is C13H8N2O7. The number of benzene rings is 2. The fraction of sp³-hybridized carbons (Fsp3) is 0. The third kappa shape index (κ3) is 2.98. The first kappa shape index (κ1) is 14.9. The molecule has 2 aromatic rings. The number of ether oxygens (including phenoxy) is 1. The largest absolute Gasteiger partial charge is 0.478 e. The minimum atomic E-state index is -1.52. The first-order chi connectivity index (χ1) is 10.4. The number of nitrogens with zero attached hydrogens (tertiary/aromatic N) is 2. The van der Waals surface area contributed by atoms with Crippen LogP contribution in [0.15, 0.2) is 42.5 Å². The summed E-state index contributed by atoms with van der Waals surface area (Å²) in [7, 11) is 0. The first-order valence-corrected chi connectivity index (χ1v) is 5.83. The molecule has 0 aliphatic carbocycles. The van der Waals surface area contributed by atoms with Crippen LogP contribution in [0.1, 0.15) is 10.4 Å². The minimum Gasteiger partial charge on any atom is -0.478 e. The molecule has 0 amide bonds. The van der Waals surface area contributed by atoms with Gasteiger partial charge in [-0.15, -0.1) is 0 Å². The molecule has 0 radical (unpaired) electrons. The summed E-state index contributed by atoms with van der Waals surface area (Å²) in [6.07, 6.45) is 0. The quantitative estimate of drug-likeness (QED) is 0.662. The first-order valence-electron chi connectivity index (χ1n) is 5.83. The second kappa shape index (κ2) is 5.87. The standard InChI is InChI=1S/C13H8N2O7/c16-13(17)8-6-10(14(18)19)12(11(7-8)15(20)21)22-9-4-2-1-3-5-9/h1-7H,(H,16,17). The van der Waals surface area contributed by atoms with Crippen LogP contribution in [-0.4, -0.2) is 20.9 Å². The van der Waals surface area contributed by atoms with Crippen molar-refractivity contribution in [1.82, 2.24) is 0 Å². The van der Waals surface area contributed by atoms with Crippen molar-refractivity contribution in [3.8, 4) is 11.5 Å². The predicted octanol–water partition coefficient (Wildman–Crippen LogP) is 2.99. The maximum Gasteiger partial charge on any atom is 0.336 e. The van der Waals surface area contributed by atoms with E-state index in [-0.39, 0.29) is 5.75 Å². The summed E-state index contributed by atoms with van der Waals surface area (Å²) in [6.45, 7) is 0. The van der Waals surface area contributed by atoms with Gasteiger partial charge >= 0.3 is 17.3 Å². The van der Waals surface area contributed by atoms with Gasteiger partial charge in [0.05, 0.1) is 15.4 Å². The highest BCUT2D eigenvalue weighted by Gasteiger charge is 2.30. The second-order valence-corrected chi connectivity index (χ2v) is 4.08. The Balaban J connectivity index is 2.66. The molecule has 22 heavy (non-hydrogen) atoms. The lowest BCUT2D eigenvalue weighted by Gasteiger charge is -2.07. The lowest BCUT2D eigenvalue weighted by molar-refractivity contribution is -0.395. The van der Waals surface area contributed by atoms with Gasteiger partial charge in [0.25, 0.3) is 5.75 Å². The summed E-state index contributed by atoms with van der Waals surface area (Å²) >= 11 is 0. The van der Waals surface area contributed by atoms with E-state index in [1.165, 1.54) is 12.1 Å². The SMILES string of the molecule is O=C(O)c1cc([N+](=O)[O-])c(Oc2ccccc2)c([N+](=O)[O-])c1. The molecule has 2 aromatic carbocycles. The number of carboxylic acids is 1. The van der Waals surface area contributed by atoms with Crippen molar-refractivity contribution < 1.29 is 24.5 Å². The van der Waals surface area contributed by atoms with Crippen molar-refractivity contribution in [1.29, 1.82) is 0 Å². The van der Waals surface area contributed by atoms with Crippen LogP contribution in [0.3, 0.4) is 0 Å². The van der Waals surface area contributed by atoms with Crippen molar-refractivity contribution in [3.05, 3.63) is 68.3 Å². The average molecular weight is 304 g/mol. The van der Waals surface area contributed by atoms with E-state index in [1.807, 2.05) is 0 Å². The number of aromatic carboxylic acids is 1. The van der Waals surface area contributed by atoms with Gasteiger partial charge in [0.15, 0.2) is 0 Å². The normalized spacial score (nSPS) is 10.0. The Kier molecular flexibility index (Phi) is 3.98. The fourth-order valence-corrected chi connectivity index (χ4v) is 1.70. The molecule has 9 nitrogen and oxygen atoms in total. The third-order valence-corrected chi connectivity index (χ3v) is 2.65. The topological polar surface area (TPSA) is 133 Å². The summed E-state index contributed by atoms with van der Waals surface area (Å²) in [5.74, 6) is -1.99. The number of hydrogen-bond donors (Lipinski definition) is 1. The zero-order valence-electron chi connectivity index (χ0n) is 10.8. The van der Waals surface area contributed by atoms with E-state index < -0.39 is 38.5 Å². The maximum atomic E-state index is 11.1. The zero-order chi connectivity index (χ0) is 16.3. The molecule has 0 heterocycles. The maximum absolute atomic E-state index is 11.1. The molecule has 0 aliphatic rings. The zero-order valence-corrected chi connectivity index (χ0v) is 10.8. The Hall–Kier alpha value is -3.49. The molecule has 0 fully saturated rings. The molecule has 1 N–H and O–H groups in total. The molecule has 2 rings (SSSR count). The number of hydrogen-bond acceptors (Lipinski definition) is 6. The molecule has 0 aliphatic heterocycles. The molecule has 0 atom stereocenters. The highest BCUT2D eigenvalue weighted by Crippen LogP contribution is 2.40. The van der Waals surface area contributed by atoms with Crippen molar-refractivity contribution in [2.24, 2.45) is 0 Å². The second-order valence-electron chi connectivity index (χ2n) is 4.08. The van der Waals surface area contributed by atoms with Crippen molar-refractivity contribution >= 4 is 17.3 Å². The third-order valence-electron chi connectivity index (χ3n) is 2.65. The molecule has 0 saturated heterocycles. The lowest BCUT2D eigenvalue weighted by atomic mass is 10.1. The van der Waals surface area contributed by atoms with Crippen molar-refractivity contribution in [3.63, 3.8) is 0 Å². The predicted molar refractivity (Wildman–Crippen MR) is 73.2 cm³/mol. The highest BCUT2D eigenvalue weighted by atomic mass is 16.6. The molecular weight excluding hydrogens is 296 g/mol. The average Bonchev–Trinajstić information content (AvgIpc) is 2.47. The van der Waals surface area contributed by atoms with E-state index in [1.54, 1.807) is 18.2 Å². The van der Waals surface area contributed by atoms with Crippen LogP contribution in [0.2, 0.25) is 0 Å². The van der Waals surface area contributed by atoms with E-state index in [0.717, 1.165) is 0 Å². The monoisotopic (exact) mass is 304 g/mol. The Bertz CT molecular complexity index is 723. The van der Waals surface area contributed by atoms with Crippen molar-refractivity contribution in [2.75, 3.05) is 0 Å². The van der Waals surface area contributed by atoms with Gasteiger partial charge in [0.2, 0.25) is 0 Å². The van der Waals surface area contributed by atoms with Gasteiger partial charge in [-0.25, -0.2) is 4.79 Å². The molecule has 0 saturated carbocycles. The van der Waals surface area contributed by atoms with Crippen LogP contribution >= 0.6 is 0 Å². The van der Waals surface area contributed by atoms with Gasteiger partial charge in [0.1, 0.15) is 5.75 Å². The van der Waals surface area contributed by atoms with Gasteiger partial charge in [-0.3, -0.25) is 20.2 Å². The molecule has 9 heteroatoms. The summed E-state index contributed by atoms with van der Waals surface area (Å²) in [5.41, 5.74) is -2.16. The number of nitro groups is 2. The molecule has 112 valence electrons. The van der Waals surface area contributed by atoms with Crippen LogP contribution in [-0.2, 0) is 0 Å². The lowest BCUT2D eigenvalue weighted by Crippen LogP contribution is -2.04. The fourth-order valence-electron chi connectivity index (χ4n) is 1.70. The highest BCUT2D eigenvalue weighted by molar-refractivity contribution is 5.90.